The highest BCUT2D eigenvalue weighted by molar-refractivity contribution is 6.12. The third-order valence-corrected chi connectivity index (χ3v) is 6.47. The van der Waals surface area contributed by atoms with Crippen molar-refractivity contribution in [1.82, 2.24) is 4.90 Å². The molecule has 0 fully saturated rings. The zero-order valence-electron chi connectivity index (χ0n) is 28.7. The molecule has 0 spiro atoms. The lowest BCUT2D eigenvalue weighted by molar-refractivity contribution is -0.137. The minimum atomic E-state index is -0.305. The molecule has 1 rings (SSSR count). The van der Waals surface area contributed by atoms with Crippen LogP contribution >= 0.6 is 0 Å². The number of ether oxygens (including phenoxy) is 11. The molecule has 0 aliphatic carbocycles. The fourth-order valence-electron chi connectivity index (χ4n) is 3.92. The predicted octanol–water partition coefficient (Wildman–Crippen LogP) is 2.06. The van der Waals surface area contributed by atoms with Crippen molar-refractivity contribution in [2.45, 2.75) is 39.0 Å². The number of nitrogens with zero attached hydrogens (tertiary/aromatic N) is 1. The Morgan fingerprint density at radius 2 is 0.617 bits per heavy atom. The Kier molecular flexibility index (Phi) is 33.0. The predicted molar refractivity (Wildman–Crippen MR) is 174 cm³/mol. The van der Waals surface area contributed by atoms with Crippen molar-refractivity contribution in [3.05, 3.63) is 12.2 Å². The van der Waals surface area contributed by atoms with Crippen molar-refractivity contribution in [3.63, 3.8) is 0 Å². The van der Waals surface area contributed by atoms with Crippen molar-refractivity contribution in [3.8, 4) is 0 Å². The van der Waals surface area contributed by atoms with Crippen LogP contribution in [0.5, 0.6) is 0 Å². The van der Waals surface area contributed by atoms with E-state index in [2.05, 4.69) is 6.92 Å². The van der Waals surface area contributed by atoms with E-state index in [1.807, 2.05) is 0 Å². The first kappa shape index (κ1) is 43.5. The van der Waals surface area contributed by atoms with Crippen molar-refractivity contribution < 1.29 is 61.7 Å². The van der Waals surface area contributed by atoms with E-state index in [-0.39, 0.29) is 25.0 Å². The Bertz CT molecular complexity index is 711. The molecule has 276 valence electrons. The maximum absolute atomic E-state index is 11.4. The molecule has 0 atom stereocenters. The lowest BCUT2D eigenvalue weighted by Crippen LogP contribution is -2.33. The highest BCUT2D eigenvalue weighted by Gasteiger charge is 2.22. The summed E-state index contributed by atoms with van der Waals surface area (Å²) < 4.78 is 60.1. The van der Waals surface area contributed by atoms with Crippen LogP contribution < -0.4 is 0 Å². The van der Waals surface area contributed by atoms with Crippen LogP contribution in [-0.2, 0) is 61.7 Å². The van der Waals surface area contributed by atoms with Gasteiger partial charge in [0.25, 0.3) is 11.8 Å². The monoisotopic (exact) mass is 679 g/mol. The first-order chi connectivity index (χ1) is 23.3. The second kappa shape index (κ2) is 35.7. The van der Waals surface area contributed by atoms with Crippen molar-refractivity contribution >= 4 is 11.8 Å². The van der Waals surface area contributed by atoms with Gasteiger partial charge >= 0.3 is 0 Å². The first-order valence-corrected chi connectivity index (χ1v) is 17.1. The molecule has 14 heteroatoms. The van der Waals surface area contributed by atoms with E-state index in [4.69, 9.17) is 52.1 Å². The molecule has 0 saturated heterocycles. The molecule has 0 aromatic rings. The number of amides is 2. The summed E-state index contributed by atoms with van der Waals surface area (Å²) >= 11 is 0. The summed E-state index contributed by atoms with van der Waals surface area (Å²) in [4.78, 5) is 23.9. The minimum Gasteiger partial charge on any atom is -0.379 e. The smallest absolute Gasteiger partial charge is 0.253 e. The zero-order chi connectivity index (χ0) is 33.7. The van der Waals surface area contributed by atoms with Gasteiger partial charge in [-0.05, 0) is 6.42 Å². The molecule has 0 aromatic carbocycles. The number of unbranched alkanes of at least 4 members (excludes halogenated alkanes) is 4. The topological polar surface area (TPSA) is 139 Å². The summed E-state index contributed by atoms with van der Waals surface area (Å²) in [6.07, 6.45) is 8.77. The Morgan fingerprint density at radius 1 is 0.362 bits per heavy atom. The number of carbonyl (C=O) groups excluding carboxylic acids is 2. The minimum absolute atomic E-state index is 0.241. The molecular weight excluding hydrogens is 618 g/mol. The molecule has 14 nitrogen and oxygen atoms in total. The summed E-state index contributed by atoms with van der Waals surface area (Å²) in [5.41, 5.74) is 0. The Balaban J connectivity index is 1.62. The van der Waals surface area contributed by atoms with Gasteiger partial charge < -0.3 is 52.1 Å². The van der Waals surface area contributed by atoms with Gasteiger partial charge in [0.2, 0.25) is 0 Å². The molecule has 0 N–H and O–H groups in total. The highest BCUT2D eigenvalue weighted by atomic mass is 16.6. The molecule has 0 radical (unpaired) electrons. The molecule has 47 heavy (non-hydrogen) atoms. The van der Waals surface area contributed by atoms with Gasteiger partial charge in [-0.2, -0.15) is 0 Å². The van der Waals surface area contributed by atoms with E-state index in [1.165, 1.54) is 37.8 Å². The Morgan fingerprint density at radius 3 is 0.915 bits per heavy atom. The fraction of sp³-hybridized carbons (Fsp3) is 0.879. The number of hydrogen-bond donors (Lipinski definition) is 0. The van der Waals surface area contributed by atoms with Gasteiger partial charge in [-0.3, -0.25) is 14.5 Å². The summed E-state index contributed by atoms with van der Waals surface area (Å²) in [5, 5.41) is 0. The van der Waals surface area contributed by atoms with E-state index in [1.54, 1.807) is 0 Å². The van der Waals surface area contributed by atoms with E-state index < -0.39 is 0 Å². The fourth-order valence-corrected chi connectivity index (χ4v) is 3.92. The van der Waals surface area contributed by atoms with Crippen LogP contribution in [-0.4, -0.2) is 169 Å². The largest absolute Gasteiger partial charge is 0.379 e. The van der Waals surface area contributed by atoms with Gasteiger partial charge in [0.1, 0.15) is 0 Å². The second-order valence-corrected chi connectivity index (χ2v) is 10.3. The van der Waals surface area contributed by atoms with E-state index in [9.17, 15) is 9.59 Å². The Labute approximate surface area is 281 Å². The average molecular weight is 680 g/mol. The van der Waals surface area contributed by atoms with Crippen LogP contribution in [0.25, 0.3) is 0 Å². The summed E-state index contributed by atoms with van der Waals surface area (Å²) in [6.45, 7) is 13.6. The maximum atomic E-state index is 11.4. The maximum Gasteiger partial charge on any atom is 0.253 e. The van der Waals surface area contributed by atoms with Crippen LogP contribution in [0.1, 0.15) is 39.0 Å². The number of carbonyl (C=O) groups is 2. The van der Waals surface area contributed by atoms with Gasteiger partial charge in [0.15, 0.2) is 0 Å². The molecule has 1 aliphatic heterocycles. The third-order valence-electron chi connectivity index (χ3n) is 6.47. The molecule has 1 aliphatic rings. The van der Waals surface area contributed by atoms with Crippen molar-refractivity contribution in [2.75, 3.05) is 152 Å². The number of imide groups is 1. The summed E-state index contributed by atoms with van der Waals surface area (Å²) in [6, 6.07) is 0. The average Bonchev–Trinajstić information content (AvgIpc) is 3.40. The van der Waals surface area contributed by atoms with Gasteiger partial charge in [-0.25, -0.2) is 0 Å². The molecule has 0 aromatic heterocycles. The van der Waals surface area contributed by atoms with Crippen LogP contribution in [0.2, 0.25) is 0 Å². The number of rotatable bonds is 39. The second-order valence-electron chi connectivity index (χ2n) is 10.3. The molecule has 2 amide bonds. The quantitative estimate of drug-likeness (QED) is 0.0693. The van der Waals surface area contributed by atoms with E-state index in [0.29, 0.717) is 132 Å². The van der Waals surface area contributed by atoms with Crippen LogP contribution in [0, 0.1) is 0 Å². The highest BCUT2D eigenvalue weighted by Crippen LogP contribution is 2.03. The van der Waals surface area contributed by atoms with Crippen molar-refractivity contribution in [1.29, 1.82) is 0 Å². The normalized spacial score (nSPS) is 13.1. The van der Waals surface area contributed by atoms with Gasteiger partial charge in [-0.1, -0.05) is 32.6 Å². The molecule has 1 heterocycles. The number of hydrogen-bond acceptors (Lipinski definition) is 13. The van der Waals surface area contributed by atoms with E-state index >= 15 is 0 Å². The van der Waals surface area contributed by atoms with Crippen LogP contribution in [0.3, 0.4) is 0 Å². The Hall–Kier alpha value is -1.56. The zero-order valence-corrected chi connectivity index (χ0v) is 28.7. The van der Waals surface area contributed by atoms with Crippen LogP contribution in [0.15, 0.2) is 12.2 Å². The standard InChI is InChI=1S/C33H61NO13/c1-2-3-4-5-6-10-37-12-14-39-16-18-41-20-22-43-24-26-45-28-30-47-31-29-46-27-25-44-23-21-42-19-17-40-15-13-38-11-9-34-32(35)7-8-33(34)36/h7-8H,2-6,9-31H2,1H3. The molecule has 0 unspecified atom stereocenters. The van der Waals surface area contributed by atoms with Crippen LogP contribution in [0.4, 0.5) is 0 Å². The molecule has 0 saturated carbocycles. The van der Waals surface area contributed by atoms with Crippen molar-refractivity contribution in [2.24, 2.45) is 0 Å². The van der Waals surface area contributed by atoms with E-state index in [0.717, 1.165) is 17.9 Å². The van der Waals surface area contributed by atoms with Gasteiger partial charge in [0.05, 0.1) is 145 Å². The lowest BCUT2D eigenvalue weighted by atomic mass is 10.2. The first-order valence-electron chi connectivity index (χ1n) is 17.1. The van der Waals surface area contributed by atoms with Gasteiger partial charge in [0, 0.05) is 18.8 Å². The molecular formula is C33H61NO13. The summed E-state index contributed by atoms with van der Waals surface area (Å²) in [7, 11) is 0. The summed E-state index contributed by atoms with van der Waals surface area (Å²) in [5.74, 6) is -0.609. The third kappa shape index (κ3) is 30.2. The molecule has 0 bridgehead atoms. The lowest BCUT2D eigenvalue weighted by Gasteiger charge is -2.13. The van der Waals surface area contributed by atoms with Gasteiger partial charge in [-0.15, -0.1) is 0 Å². The SMILES string of the molecule is CCCCCCCOCCOCCOCCOCCOCCOCCOCCOCCOCCOCCOCCN1C(=O)C=CC1=O.